The first-order chi connectivity index (χ1) is 10.1. The Bertz CT molecular complexity index is 525. The fourth-order valence-corrected chi connectivity index (χ4v) is 2.37. The zero-order valence-corrected chi connectivity index (χ0v) is 12.2. The maximum absolute atomic E-state index is 12.2. The quantitative estimate of drug-likeness (QED) is 0.793. The van der Waals surface area contributed by atoms with E-state index in [0.29, 0.717) is 23.6 Å². The van der Waals surface area contributed by atoms with Gasteiger partial charge in [0.2, 0.25) is 5.91 Å². The largest absolute Gasteiger partial charge is 0.491 e. The van der Waals surface area contributed by atoms with Gasteiger partial charge in [0.15, 0.2) is 5.75 Å². The second-order valence-corrected chi connectivity index (χ2v) is 4.93. The van der Waals surface area contributed by atoms with Crippen LogP contribution >= 0.6 is 0 Å². The normalized spacial score (nSPS) is 14.0. The molecule has 0 unspecified atom stereocenters. The highest BCUT2D eigenvalue weighted by Crippen LogP contribution is 2.26. The molecule has 0 bridgehead atoms. The molecule has 1 heterocycles. The van der Waals surface area contributed by atoms with Gasteiger partial charge >= 0.3 is 0 Å². The number of amides is 2. The number of benzene rings is 1. The van der Waals surface area contributed by atoms with E-state index in [1.165, 1.54) is 0 Å². The van der Waals surface area contributed by atoms with Gasteiger partial charge in [0.05, 0.1) is 24.4 Å². The van der Waals surface area contributed by atoms with Crippen molar-refractivity contribution >= 4 is 17.5 Å². The molecule has 2 amide bonds. The zero-order valence-electron chi connectivity index (χ0n) is 12.2. The van der Waals surface area contributed by atoms with Crippen molar-refractivity contribution in [3.63, 3.8) is 0 Å². The van der Waals surface area contributed by atoms with Crippen LogP contribution < -0.4 is 15.8 Å². The summed E-state index contributed by atoms with van der Waals surface area (Å²) in [5.41, 5.74) is 6.59. The molecule has 21 heavy (non-hydrogen) atoms. The predicted octanol–water partition coefficient (Wildman–Crippen LogP) is 1.02. The van der Waals surface area contributed by atoms with Crippen LogP contribution in [0.3, 0.4) is 0 Å². The molecule has 0 aliphatic carbocycles. The van der Waals surface area contributed by atoms with Gasteiger partial charge in [-0.15, -0.1) is 0 Å². The molecule has 1 saturated heterocycles. The molecule has 0 atom stereocenters. The summed E-state index contributed by atoms with van der Waals surface area (Å²) in [5, 5.41) is 2.64. The van der Waals surface area contributed by atoms with Gasteiger partial charge in [-0.2, -0.15) is 0 Å². The maximum Gasteiger partial charge on any atom is 0.255 e. The van der Waals surface area contributed by atoms with E-state index in [9.17, 15) is 9.59 Å². The van der Waals surface area contributed by atoms with Crippen LogP contribution in [0.1, 0.15) is 30.1 Å². The molecular weight excluding hydrogens is 270 g/mol. The van der Waals surface area contributed by atoms with Gasteiger partial charge in [0.1, 0.15) is 0 Å². The molecule has 114 valence electrons. The van der Waals surface area contributed by atoms with E-state index < -0.39 is 0 Å². The van der Waals surface area contributed by atoms with Crippen LogP contribution in [0.25, 0.3) is 0 Å². The number of carbonyl (C=O) groups excluding carboxylic acids is 2. The molecular formula is C15H21N3O3. The monoisotopic (exact) mass is 291 g/mol. The Kier molecular flexibility index (Phi) is 5.03. The number of para-hydroxylation sites is 1. The average Bonchev–Trinajstić information content (AvgIpc) is 3.01. The van der Waals surface area contributed by atoms with E-state index in [1.54, 1.807) is 23.1 Å². The van der Waals surface area contributed by atoms with Gasteiger partial charge in [-0.3, -0.25) is 9.59 Å². The highest BCUT2D eigenvalue weighted by molar-refractivity contribution is 6.00. The van der Waals surface area contributed by atoms with Gasteiger partial charge in [0, 0.05) is 13.1 Å². The lowest BCUT2D eigenvalue weighted by Gasteiger charge is -2.16. The Hall–Kier alpha value is -2.24. The summed E-state index contributed by atoms with van der Waals surface area (Å²) >= 11 is 0. The zero-order chi connectivity index (χ0) is 15.2. The van der Waals surface area contributed by atoms with Crippen LogP contribution in [0.15, 0.2) is 18.2 Å². The lowest BCUT2D eigenvalue weighted by Crippen LogP contribution is -2.38. The van der Waals surface area contributed by atoms with Crippen molar-refractivity contribution in [3.05, 3.63) is 23.8 Å². The number of hydrogen-bond acceptors (Lipinski definition) is 4. The Balaban J connectivity index is 2.00. The molecule has 3 N–H and O–H groups in total. The molecule has 1 aromatic rings. The highest BCUT2D eigenvalue weighted by atomic mass is 16.5. The predicted molar refractivity (Wildman–Crippen MR) is 80.2 cm³/mol. The molecule has 0 aromatic heterocycles. The summed E-state index contributed by atoms with van der Waals surface area (Å²) in [4.78, 5) is 25.9. The van der Waals surface area contributed by atoms with Crippen molar-refractivity contribution in [2.75, 3.05) is 32.0 Å². The summed E-state index contributed by atoms with van der Waals surface area (Å²) in [6.45, 7) is 3.79. The molecule has 1 aliphatic heterocycles. The molecule has 1 aromatic carbocycles. The highest BCUT2D eigenvalue weighted by Gasteiger charge is 2.20. The fourth-order valence-electron chi connectivity index (χ4n) is 2.37. The average molecular weight is 291 g/mol. The molecule has 0 spiro atoms. The minimum atomic E-state index is -0.349. The number of anilines is 1. The molecule has 6 nitrogen and oxygen atoms in total. The Labute approximate surface area is 124 Å². The number of carbonyl (C=O) groups is 2. The van der Waals surface area contributed by atoms with E-state index in [-0.39, 0.29) is 18.4 Å². The first-order valence-electron chi connectivity index (χ1n) is 7.20. The second-order valence-electron chi connectivity index (χ2n) is 4.93. The summed E-state index contributed by atoms with van der Waals surface area (Å²) in [6.07, 6.45) is 2.06. The van der Waals surface area contributed by atoms with Crippen LogP contribution in [0, 0.1) is 0 Å². The van der Waals surface area contributed by atoms with Crippen LogP contribution in [0.4, 0.5) is 5.69 Å². The number of rotatable bonds is 5. The third-order valence-corrected chi connectivity index (χ3v) is 3.44. The topological polar surface area (TPSA) is 84.7 Å². The second kappa shape index (κ2) is 6.97. The molecule has 0 saturated carbocycles. The van der Waals surface area contributed by atoms with Gasteiger partial charge in [0.25, 0.3) is 5.91 Å². The summed E-state index contributed by atoms with van der Waals surface area (Å²) in [6, 6.07) is 5.00. The SMILES string of the molecule is CCOc1c(N)cccc1C(=O)NCC(=O)N1CCCC1. The fraction of sp³-hybridized carbons (Fsp3) is 0.467. The number of nitrogens with zero attached hydrogens (tertiary/aromatic N) is 1. The number of hydrogen-bond donors (Lipinski definition) is 2. The number of nitrogens with two attached hydrogens (primary N) is 1. The number of ether oxygens (including phenoxy) is 1. The van der Waals surface area contributed by atoms with Crippen LogP contribution in [-0.2, 0) is 4.79 Å². The summed E-state index contributed by atoms with van der Waals surface area (Å²) < 4.78 is 5.41. The Morgan fingerprint density at radius 2 is 2.05 bits per heavy atom. The molecule has 6 heteroatoms. The van der Waals surface area contributed by atoms with Crippen molar-refractivity contribution in [1.29, 1.82) is 0 Å². The van der Waals surface area contributed by atoms with E-state index in [4.69, 9.17) is 10.5 Å². The third kappa shape index (κ3) is 3.65. The van der Waals surface area contributed by atoms with Crippen molar-refractivity contribution < 1.29 is 14.3 Å². The number of likely N-dealkylation sites (tertiary alicyclic amines) is 1. The number of nitrogens with one attached hydrogen (secondary N) is 1. The van der Waals surface area contributed by atoms with E-state index in [0.717, 1.165) is 25.9 Å². The number of nitrogen functional groups attached to an aromatic ring is 1. The van der Waals surface area contributed by atoms with Crippen molar-refractivity contribution in [2.24, 2.45) is 0 Å². The van der Waals surface area contributed by atoms with Crippen LogP contribution in [-0.4, -0.2) is 43.0 Å². The van der Waals surface area contributed by atoms with Gasteiger partial charge in [-0.05, 0) is 31.9 Å². The lowest BCUT2D eigenvalue weighted by atomic mass is 10.1. The molecule has 1 aliphatic rings. The van der Waals surface area contributed by atoms with Gasteiger partial charge in [-0.25, -0.2) is 0 Å². The maximum atomic E-state index is 12.2. The van der Waals surface area contributed by atoms with Crippen molar-refractivity contribution in [1.82, 2.24) is 10.2 Å². The van der Waals surface area contributed by atoms with Crippen LogP contribution in [0.2, 0.25) is 0 Å². The smallest absolute Gasteiger partial charge is 0.255 e. The minimum absolute atomic E-state index is 0.000796. The lowest BCUT2D eigenvalue weighted by molar-refractivity contribution is -0.129. The van der Waals surface area contributed by atoms with E-state index >= 15 is 0 Å². The first-order valence-corrected chi connectivity index (χ1v) is 7.20. The third-order valence-electron chi connectivity index (χ3n) is 3.44. The van der Waals surface area contributed by atoms with Crippen LogP contribution in [0.5, 0.6) is 5.75 Å². The Morgan fingerprint density at radius 3 is 2.71 bits per heavy atom. The van der Waals surface area contributed by atoms with Gasteiger partial charge < -0.3 is 20.7 Å². The summed E-state index contributed by atoms with van der Waals surface area (Å²) in [7, 11) is 0. The van der Waals surface area contributed by atoms with Gasteiger partial charge in [-0.1, -0.05) is 6.07 Å². The Morgan fingerprint density at radius 1 is 1.33 bits per heavy atom. The van der Waals surface area contributed by atoms with E-state index in [2.05, 4.69) is 5.32 Å². The molecule has 0 radical (unpaired) electrons. The van der Waals surface area contributed by atoms with Crippen molar-refractivity contribution in [3.8, 4) is 5.75 Å². The standard InChI is InChI=1S/C15H21N3O3/c1-2-21-14-11(6-5-7-12(14)16)15(20)17-10-13(19)18-8-3-4-9-18/h5-7H,2-4,8-10,16H2,1H3,(H,17,20). The first kappa shape index (κ1) is 15.2. The summed E-state index contributed by atoms with van der Waals surface area (Å²) in [5.74, 6) is -0.0351. The van der Waals surface area contributed by atoms with E-state index in [1.807, 2.05) is 6.92 Å². The van der Waals surface area contributed by atoms with Crippen molar-refractivity contribution in [2.45, 2.75) is 19.8 Å². The molecule has 2 rings (SSSR count). The minimum Gasteiger partial charge on any atom is -0.491 e. The molecule has 1 fully saturated rings.